The molecule has 4 heteroatoms. The van der Waals surface area contributed by atoms with Gasteiger partial charge in [0.15, 0.2) is 0 Å². The van der Waals surface area contributed by atoms with Crippen LogP contribution in [0, 0.1) is 6.92 Å². The van der Waals surface area contributed by atoms with E-state index < -0.39 is 0 Å². The molecule has 0 radical (unpaired) electrons. The number of imidazole rings is 1. The Hall–Kier alpha value is -0.670. The Labute approximate surface area is 130 Å². The quantitative estimate of drug-likeness (QED) is 0.521. The zero-order valence-corrected chi connectivity index (χ0v) is 13.9. The third-order valence-electron chi connectivity index (χ3n) is 3.53. The summed E-state index contributed by atoms with van der Waals surface area (Å²) < 4.78 is 2.36. The summed E-state index contributed by atoms with van der Waals surface area (Å²) in [4.78, 5) is 4.73. The highest BCUT2D eigenvalue weighted by molar-refractivity contribution is 7.98. The number of thioether (sulfide) groups is 1. The number of benzene rings is 1. The maximum Gasteiger partial charge on any atom is 0.111 e. The third kappa shape index (κ3) is 3.92. The first kappa shape index (κ1) is 15.7. The van der Waals surface area contributed by atoms with E-state index in [2.05, 4.69) is 35.9 Å². The minimum absolute atomic E-state index is 0.634. The van der Waals surface area contributed by atoms with Gasteiger partial charge in [-0.25, -0.2) is 4.98 Å². The van der Waals surface area contributed by atoms with E-state index in [1.54, 1.807) is 0 Å². The maximum atomic E-state index is 5.91. The van der Waals surface area contributed by atoms with Crippen LogP contribution in [0.25, 0.3) is 11.0 Å². The number of halogens is 1. The molecule has 1 heterocycles. The van der Waals surface area contributed by atoms with Crippen molar-refractivity contribution in [1.82, 2.24) is 9.55 Å². The number of rotatable bonds is 8. The molecule has 110 valence electrons. The molecule has 0 saturated heterocycles. The van der Waals surface area contributed by atoms with Crippen LogP contribution in [0.4, 0.5) is 0 Å². The predicted octanol–water partition coefficient (Wildman–Crippen LogP) is 4.66. The highest BCUT2D eigenvalue weighted by Gasteiger charge is 2.10. The van der Waals surface area contributed by atoms with Crippen LogP contribution in [-0.4, -0.2) is 27.4 Å². The van der Waals surface area contributed by atoms with E-state index in [-0.39, 0.29) is 0 Å². The molecule has 0 fully saturated rings. The van der Waals surface area contributed by atoms with Crippen molar-refractivity contribution in [2.45, 2.75) is 39.2 Å². The molecular weight excluding hydrogens is 288 g/mol. The normalized spacial score (nSPS) is 11.3. The summed E-state index contributed by atoms with van der Waals surface area (Å²) in [6, 6.07) is 6.48. The number of fused-ring (bicyclic) bond motifs is 1. The second kappa shape index (κ2) is 7.94. The van der Waals surface area contributed by atoms with Gasteiger partial charge in [-0.1, -0.05) is 12.5 Å². The molecule has 2 nitrogen and oxygen atoms in total. The molecule has 0 amide bonds. The molecule has 0 N–H and O–H groups in total. The lowest BCUT2D eigenvalue weighted by Gasteiger charge is -2.08. The second-order valence-corrected chi connectivity index (χ2v) is 6.53. The van der Waals surface area contributed by atoms with Gasteiger partial charge in [0, 0.05) is 18.8 Å². The van der Waals surface area contributed by atoms with Gasteiger partial charge in [-0.15, -0.1) is 11.6 Å². The molecule has 0 spiro atoms. The Kier molecular flexibility index (Phi) is 6.24. The summed E-state index contributed by atoms with van der Waals surface area (Å²) >= 11 is 7.84. The van der Waals surface area contributed by atoms with Crippen molar-refractivity contribution in [1.29, 1.82) is 0 Å². The van der Waals surface area contributed by atoms with E-state index in [4.69, 9.17) is 16.6 Å². The molecule has 1 aromatic heterocycles. The van der Waals surface area contributed by atoms with Gasteiger partial charge in [0.1, 0.15) is 5.82 Å². The lowest BCUT2D eigenvalue weighted by atomic mass is 10.2. The molecule has 0 aliphatic heterocycles. The highest BCUT2D eigenvalue weighted by Crippen LogP contribution is 2.20. The van der Waals surface area contributed by atoms with Crippen molar-refractivity contribution in [3.05, 3.63) is 29.6 Å². The minimum atomic E-state index is 0.634. The van der Waals surface area contributed by atoms with Gasteiger partial charge in [-0.2, -0.15) is 11.8 Å². The van der Waals surface area contributed by atoms with Gasteiger partial charge in [-0.3, -0.25) is 0 Å². The first-order chi connectivity index (χ1) is 9.76. The number of aromatic nitrogens is 2. The van der Waals surface area contributed by atoms with Gasteiger partial charge in [0.05, 0.1) is 11.0 Å². The van der Waals surface area contributed by atoms with E-state index >= 15 is 0 Å². The van der Waals surface area contributed by atoms with Gasteiger partial charge >= 0.3 is 0 Å². The van der Waals surface area contributed by atoms with Crippen molar-refractivity contribution in [3.8, 4) is 0 Å². The van der Waals surface area contributed by atoms with Crippen molar-refractivity contribution >= 4 is 34.4 Å². The number of hydrogen-bond donors (Lipinski definition) is 0. The van der Waals surface area contributed by atoms with E-state index in [9.17, 15) is 0 Å². The summed E-state index contributed by atoms with van der Waals surface area (Å²) in [5.41, 5.74) is 3.65. The van der Waals surface area contributed by atoms with Gasteiger partial charge in [-0.05, 0) is 49.5 Å². The summed E-state index contributed by atoms with van der Waals surface area (Å²) in [6.07, 6.45) is 6.82. The predicted molar refractivity (Wildman–Crippen MR) is 91.1 cm³/mol. The maximum absolute atomic E-state index is 5.91. The first-order valence-corrected chi connectivity index (χ1v) is 9.19. The highest BCUT2D eigenvalue weighted by atomic mass is 35.5. The van der Waals surface area contributed by atoms with Gasteiger partial charge < -0.3 is 4.57 Å². The summed E-state index contributed by atoms with van der Waals surface area (Å²) in [5.74, 6) is 3.03. The van der Waals surface area contributed by atoms with Crippen LogP contribution in [0.1, 0.15) is 30.7 Å². The van der Waals surface area contributed by atoms with Crippen molar-refractivity contribution < 1.29 is 0 Å². The van der Waals surface area contributed by atoms with E-state index in [0.29, 0.717) is 5.88 Å². The Balaban J connectivity index is 2.15. The zero-order chi connectivity index (χ0) is 14.4. The molecule has 0 aliphatic rings. The van der Waals surface area contributed by atoms with Crippen molar-refractivity contribution in [2.75, 3.05) is 17.9 Å². The lowest BCUT2D eigenvalue weighted by Crippen LogP contribution is -2.05. The van der Waals surface area contributed by atoms with Crippen molar-refractivity contribution in [2.24, 2.45) is 0 Å². The lowest BCUT2D eigenvalue weighted by molar-refractivity contribution is 0.596. The summed E-state index contributed by atoms with van der Waals surface area (Å²) in [7, 11) is 0. The molecule has 0 atom stereocenters. The summed E-state index contributed by atoms with van der Waals surface area (Å²) in [6.45, 7) is 3.19. The fraction of sp³-hybridized carbons (Fsp3) is 0.562. The third-order valence-corrected chi connectivity index (χ3v) is 4.42. The number of unbranched alkanes of at least 4 members (excludes halogenated alkanes) is 2. The number of hydrogen-bond acceptors (Lipinski definition) is 2. The van der Waals surface area contributed by atoms with Crippen LogP contribution >= 0.6 is 23.4 Å². The molecule has 0 aliphatic carbocycles. The Morgan fingerprint density at radius 2 is 2.10 bits per heavy atom. The molecule has 0 unspecified atom stereocenters. The fourth-order valence-electron chi connectivity index (χ4n) is 2.50. The Morgan fingerprint density at radius 3 is 2.85 bits per heavy atom. The fourth-order valence-corrected chi connectivity index (χ4v) is 3.16. The van der Waals surface area contributed by atoms with Crippen LogP contribution in [-0.2, 0) is 13.0 Å². The molecule has 20 heavy (non-hydrogen) atoms. The SMILES string of the molecule is CSCCCCCn1c(CCCl)nc2ccc(C)cc21. The molecule has 0 saturated carbocycles. The first-order valence-electron chi connectivity index (χ1n) is 7.27. The van der Waals surface area contributed by atoms with Crippen LogP contribution < -0.4 is 0 Å². The number of alkyl halides is 1. The minimum Gasteiger partial charge on any atom is -0.328 e. The largest absolute Gasteiger partial charge is 0.328 e. The summed E-state index contributed by atoms with van der Waals surface area (Å²) in [5, 5.41) is 0. The molecule has 1 aromatic carbocycles. The van der Waals surface area contributed by atoms with E-state index in [1.165, 1.54) is 36.1 Å². The Morgan fingerprint density at radius 1 is 1.25 bits per heavy atom. The number of aryl methyl sites for hydroxylation is 3. The average Bonchev–Trinajstić information content (AvgIpc) is 2.76. The number of nitrogens with zero attached hydrogens (tertiary/aromatic N) is 2. The van der Waals surface area contributed by atoms with Crippen LogP contribution in [0.3, 0.4) is 0 Å². The van der Waals surface area contributed by atoms with Gasteiger partial charge in [0.2, 0.25) is 0 Å². The molecular formula is C16H23ClN2S. The van der Waals surface area contributed by atoms with Crippen LogP contribution in [0.5, 0.6) is 0 Å². The van der Waals surface area contributed by atoms with Crippen LogP contribution in [0.2, 0.25) is 0 Å². The zero-order valence-electron chi connectivity index (χ0n) is 12.4. The topological polar surface area (TPSA) is 17.8 Å². The Bertz CT molecular complexity index is 551. The molecule has 0 bridgehead atoms. The average molecular weight is 311 g/mol. The van der Waals surface area contributed by atoms with E-state index in [0.717, 1.165) is 24.3 Å². The second-order valence-electron chi connectivity index (χ2n) is 5.16. The smallest absolute Gasteiger partial charge is 0.111 e. The molecule has 2 rings (SSSR count). The monoisotopic (exact) mass is 310 g/mol. The van der Waals surface area contributed by atoms with Gasteiger partial charge in [0.25, 0.3) is 0 Å². The standard InChI is InChI=1S/C16H23ClN2S/c1-13-6-7-14-15(12-13)19(16(18-14)8-9-17)10-4-3-5-11-20-2/h6-7,12H,3-5,8-11H2,1-2H3. The molecule has 2 aromatic rings. The van der Waals surface area contributed by atoms with E-state index in [1.807, 2.05) is 11.8 Å². The van der Waals surface area contributed by atoms with Crippen molar-refractivity contribution in [3.63, 3.8) is 0 Å². The van der Waals surface area contributed by atoms with Crippen LogP contribution in [0.15, 0.2) is 18.2 Å².